The number of Topliss-reactive ketones (excluding diaryl/α,β-unsaturated/α-hetero) is 2. The van der Waals surface area contributed by atoms with Crippen LogP contribution in [0.1, 0.15) is 22.0 Å². The lowest BCUT2D eigenvalue weighted by Gasteiger charge is -2.29. The van der Waals surface area contributed by atoms with Gasteiger partial charge in [-0.1, -0.05) is 11.6 Å². The molecule has 2 fully saturated rings. The molecule has 2 aliphatic heterocycles. The zero-order valence-corrected chi connectivity index (χ0v) is 17.2. The van der Waals surface area contributed by atoms with Crippen molar-refractivity contribution in [3.8, 4) is 0 Å². The number of quaternary nitrogens is 1. The van der Waals surface area contributed by atoms with Crippen LogP contribution in [0, 0.1) is 5.92 Å². The smallest absolute Gasteiger partial charge is 0.291 e. The molecule has 2 N–H and O–H groups in total. The third kappa shape index (κ3) is 4.14. The Kier molecular flexibility index (Phi) is 6.22. The van der Waals surface area contributed by atoms with E-state index in [0.29, 0.717) is 36.9 Å². The SMILES string of the molecule is O=C1C(=O)N(CC[NH+]2CCOCC2)C(c2ccc[nH+]c2)C1C(=O)c1ccc(Cl)cc1. The van der Waals surface area contributed by atoms with E-state index in [2.05, 4.69) is 4.98 Å². The number of morpholine rings is 1. The van der Waals surface area contributed by atoms with Crippen LogP contribution in [0.2, 0.25) is 5.02 Å². The van der Waals surface area contributed by atoms with Crippen LogP contribution in [-0.4, -0.2) is 61.8 Å². The average Bonchev–Trinajstić information content (AvgIpc) is 3.04. The van der Waals surface area contributed by atoms with Crippen LogP contribution in [0.25, 0.3) is 0 Å². The minimum atomic E-state index is -1.07. The Labute approximate surface area is 179 Å². The van der Waals surface area contributed by atoms with Gasteiger partial charge in [0, 0.05) is 22.2 Å². The molecule has 1 amide bonds. The second kappa shape index (κ2) is 9.04. The lowest BCUT2D eigenvalue weighted by molar-refractivity contribution is -0.907. The van der Waals surface area contributed by atoms with Crippen molar-refractivity contribution in [1.29, 1.82) is 0 Å². The summed E-state index contributed by atoms with van der Waals surface area (Å²) in [5, 5.41) is 0.504. The Morgan fingerprint density at radius 3 is 2.57 bits per heavy atom. The van der Waals surface area contributed by atoms with Crippen LogP contribution >= 0.6 is 11.6 Å². The summed E-state index contributed by atoms with van der Waals surface area (Å²) in [4.78, 5) is 45.0. The molecule has 0 bridgehead atoms. The largest absolute Gasteiger partial charge is 0.370 e. The van der Waals surface area contributed by atoms with Gasteiger partial charge in [-0.05, 0) is 30.3 Å². The molecular formula is C22H24ClN3O4+2. The standard InChI is InChI=1S/C22H22ClN3O4/c23-17-5-3-15(4-6-17)20(27)18-19(16-2-1-7-24-14-16)26(22(29)21(18)28)9-8-25-10-12-30-13-11-25/h1-7,14,18-19H,8-13H2/p+2. The van der Waals surface area contributed by atoms with E-state index >= 15 is 0 Å². The van der Waals surface area contributed by atoms with Gasteiger partial charge in [0.15, 0.2) is 18.2 Å². The maximum atomic E-state index is 13.3. The van der Waals surface area contributed by atoms with Crippen molar-refractivity contribution in [2.24, 2.45) is 5.92 Å². The van der Waals surface area contributed by atoms with Crippen LogP contribution in [0.5, 0.6) is 0 Å². The molecular weight excluding hydrogens is 406 g/mol. The molecule has 7 nitrogen and oxygen atoms in total. The molecule has 0 saturated carbocycles. The minimum Gasteiger partial charge on any atom is -0.370 e. The topological polar surface area (TPSA) is 82.3 Å². The molecule has 2 atom stereocenters. The van der Waals surface area contributed by atoms with E-state index in [1.54, 1.807) is 47.6 Å². The number of rotatable bonds is 6. The average molecular weight is 430 g/mol. The van der Waals surface area contributed by atoms with Gasteiger partial charge in [-0.25, -0.2) is 4.98 Å². The van der Waals surface area contributed by atoms with E-state index in [-0.39, 0.29) is 5.78 Å². The Morgan fingerprint density at radius 1 is 1.17 bits per heavy atom. The number of pyridine rings is 1. The number of ether oxygens (including phenoxy) is 1. The van der Waals surface area contributed by atoms with Gasteiger partial charge in [0.2, 0.25) is 5.78 Å². The fourth-order valence-electron chi connectivity index (χ4n) is 4.17. The van der Waals surface area contributed by atoms with E-state index < -0.39 is 23.7 Å². The highest BCUT2D eigenvalue weighted by molar-refractivity contribution is 6.44. The molecule has 0 radical (unpaired) electrons. The van der Waals surface area contributed by atoms with Gasteiger partial charge in [-0.15, -0.1) is 0 Å². The second-order valence-electron chi connectivity index (χ2n) is 7.61. The first-order chi connectivity index (χ1) is 14.6. The minimum absolute atomic E-state index is 0.361. The lowest BCUT2D eigenvalue weighted by Crippen LogP contribution is -3.14. The number of aromatic nitrogens is 1. The summed E-state index contributed by atoms with van der Waals surface area (Å²) in [6.45, 7) is 4.23. The van der Waals surface area contributed by atoms with E-state index in [9.17, 15) is 14.4 Å². The van der Waals surface area contributed by atoms with Crippen molar-refractivity contribution in [3.05, 3.63) is 64.9 Å². The van der Waals surface area contributed by atoms with Crippen molar-refractivity contribution in [2.45, 2.75) is 6.04 Å². The summed E-state index contributed by atoms with van der Waals surface area (Å²) < 4.78 is 5.39. The molecule has 4 rings (SSSR count). The van der Waals surface area contributed by atoms with Gasteiger partial charge in [0.25, 0.3) is 5.91 Å². The lowest BCUT2D eigenvalue weighted by atomic mass is 9.87. The van der Waals surface area contributed by atoms with E-state index in [1.807, 2.05) is 6.07 Å². The number of hydrogen-bond donors (Lipinski definition) is 1. The fraction of sp³-hybridized carbons (Fsp3) is 0.364. The number of nitrogens with zero attached hydrogens (tertiary/aromatic N) is 1. The number of carbonyl (C=O) groups excluding carboxylic acids is 3. The molecule has 156 valence electrons. The molecule has 1 aromatic carbocycles. The highest BCUT2D eigenvalue weighted by atomic mass is 35.5. The number of likely N-dealkylation sites (tertiary alicyclic amines) is 1. The third-order valence-corrected chi connectivity index (χ3v) is 6.05. The predicted molar refractivity (Wildman–Crippen MR) is 108 cm³/mol. The second-order valence-corrected chi connectivity index (χ2v) is 8.04. The summed E-state index contributed by atoms with van der Waals surface area (Å²) in [6.07, 6.45) is 3.49. The first-order valence-corrected chi connectivity index (χ1v) is 10.5. The number of H-pyrrole nitrogens is 1. The quantitative estimate of drug-likeness (QED) is 0.399. The van der Waals surface area contributed by atoms with Crippen LogP contribution in [0.15, 0.2) is 48.8 Å². The fourth-order valence-corrected chi connectivity index (χ4v) is 4.30. The number of amides is 1. The molecule has 1 aromatic heterocycles. The third-order valence-electron chi connectivity index (χ3n) is 5.80. The van der Waals surface area contributed by atoms with E-state index in [4.69, 9.17) is 16.3 Å². The number of hydrogen-bond acceptors (Lipinski definition) is 4. The number of halogens is 1. The molecule has 0 aliphatic carbocycles. The van der Waals surface area contributed by atoms with Crippen molar-refractivity contribution in [2.75, 3.05) is 39.4 Å². The normalized spacial score (nSPS) is 22.5. The van der Waals surface area contributed by atoms with E-state index in [1.165, 1.54) is 4.90 Å². The highest BCUT2D eigenvalue weighted by Crippen LogP contribution is 2.37. The Morgan fingerprint density at radius 2 is 1.90 bits per heavy atom. The van der Waals surface area contributed by atoms with Gasteiger partial charge in [-0.2, -0.15) is 0 Å². The maximum absolute atomic E-state index is 13.3. The van der Waals surface area contributed by atoms with Crippen molar-refractivity contribution in [1.82, 2.24) is 4.90 Å². The van der Waals surface area contributed by atoms with Crippen LogP contribution < -0.4 is 9.88 Å². The zero-order valence-electron chi connectivity index (χ0n) is 16.5. The zero-order chi connectivity index (χ0) is 21.1. The highest BCUT2D eigenvalue weighted by Gasteiger charge is 2.52. The first kappa shape index (κ1) is 20.7. The van der Waals surface area contributed by atoms with Crippen LogP contribution in [0.4, 0.5) is 0 Å². The molecule has 8 heteroatoms. The monoisotopic (exact) mass is 429 g/mol. The molecule has 2 unspecified atom stereocenters. The summed E-state index contributed by atoms with van der Waals surface area (Å²) in [6, 6.07) is 9.42. The molecule has 2 aromatic rings. The number of benzene rings is 1. The number of ketones is 2. The molecule has 0 spiro atoms. The number of aromatic amines is 1. The van der Waals surface area contributed by atoms with Crippen molar-refractivity contribution < 1.29 is 29.0 Å². The Hall–Kier alpha value is -2.61. The summed E-state index contributed by atoms with van der Waals surface area (Å²) in [5.41, 5.74) is 1.11. The van der Waals surface area contributed by atoms with Gasteiger partial charge in [-0.3, -0.25) is 14.4 Å². The van der Waals surface area contributed by atoms with Gasteiger partial charge in [0.1, 0.15) is 19.0 Å². The van der Waals surface area contributed by atoms with Gasteiger partial charge < -0.3 is 14.5 Å². The maximum Gasteiger partial charge on any atom is 0.291 e. The first-order valence-electron chi connectivity index (χ1n) is 10.1. The molecule has 2 saturated heterocycles. The van der Waals surface area contributed by atoms with Gasteiger partial charge in [0.05, 0.1) is 32.3 Å². The van der Waals surface area contributed by atoms with Crippen LogP contribution in [-0.2, 0) is 14.3 Å². The Balaban J connectivity index is 1.64. The number of carbonyl (C=O) groups is 3. The summed E-state index contributed by atoms with van der Waals surface area (Å²) >= 11 is 5.93. The molecule has 3 heterocycles. The Bertz CT molecular complexity index is 929. The summed E-state index contributed by atoms with van der Waals surface area (Å²) in [7, 11) is 0. The van der Waals surface area contributed by atoms with Crippen molar-refractivity contribution in [3.63, 3.8) is 0 Å². The van der Waals surface area contributed by atoms with Crippen molar-refractivity contribution >= 4 is 29.1 Å². The predicted octanol–water partition coefficient (Wildman–Crippen LogP) is 0.0207. The van der Waals surface area contributed by atoms with E-state index in [0.717, 1.165) is 18.7 Å². The number of nitrogens with one attached hydrogen (secondary N) is 2. The summed E-state index contributed by atoms with van der Waals surface area (Å²) in [5.74, 6) is -2.68. The van der Waals surface area contributed by atoms with Gasteiger partial charge >= 0.3 is 0 Å². The van der Waals surface area contributed by atoms with Crippen LogP contribution in [0.3, 0.4) is 0 Å². The molecule has 2 aliphatic rings. The molecule has 30 heavy (non-hydrogen) atoms.